The molecule has 0 bridgehead atoms. The second-order valence-electron chi connectivity index (χ2n) is 9.64. The molecule has 0 spiro atoms. The van der Waals surface area contributed by atoms with Gasteiger partial charge in [0.15, 0.2) is 0 Å². The number of rotatable bonds is 9. The molecule has 1 aliphatic carbocycles. The van der Waals surface area contributed by atoms with E-state index < -0.39 is 23.5 Å². The van der Waals surface area contributed by atoms with Crippen molar-refractivity contribution in [3.8, 4) is 11.1 Å². The maximum Gasteiger partial charge on any atom is 0.407 e. The molecule has 0 aliphatic heterocycles. The third-order valence-electron chi connectivity index (χ3n) is 5.94. The highest BCUT2D eigenvalue weighted by atomic mass is 16.5. The third kappa shape index (κ3) is 5.92. The van der Waals surface area contributed by atoms with E-state index in [0.717, 1.165) is 22.3 Å². The van der Waals surface area contributed by atoms with E-state index in [1.807, 2.05) is 50.2 Å². The molecule has 2 aromatic carbocycles. The fourth-order valence-corrected chi connectivity index (χ4v) is 4.21. The maximum absolute atomic E-state index is 12.7. The van der Waals surface area contributed by atoms with Crippen LogP contribution in [0.5, 0.6) is 0 Å². The Kier molecular flexibility index (Phi) is 7.41. The van der Waals surface area contributed by atoms with Gasteiger partial charge in [0.2, 0.25) is 5.91 Å². The molecule has 0 saturated carbocycles. The van der Waals surface area contributed by atoms with Crippen molar-refractivity contribution in [3.05, 3.63) is 59.7 Å². The van der Waals surface area contributed by atoms with E-state index in [-0.39, 0.29) is 37.3 Å². The summed E-state index contributed by atoms with van der Waals surface area (Å²) in [4.78, 5) is 36.3. The highest BCUT2D eigenvalue weighted by Gasteiger charge is 2.31. The number of amides is 2. The number of hydrogen-bond acceptors (Lipinski definition) is 4. The van der Waals surface area contributed by atoms with Crippen LogP contribution in [-0.2, 0) is 14.3 Å². The molecule has 1 unspecified atom stereocenters. The standard InChI is InChI=1S/C26H32N2O5/c1-16(2)23(24(31)27-15-26(3,4)13-22(29)30)28-25(32)33-14-21-19-11-7-5-9-17(19)18-10-6-8-12-20(18)21/h5-12,16,21,23H,13-15H2,1-4H3,(H,27,31)(H,28,32)(H,29,30). The number of carboxylic acid groups (broad SMARTS) is 1. The fourth-order valence-electron chi connectivity index (χ4n) is 4.21. The average Bonchev–Trinajstić information content (AvgIpc) is 3.07. The lowest BCUT2D eigenvalue weighted by Crippen LogP contribution is -2.51. The van der Waals surface area contributed by atoms with Gasteiger partial charge in [0.05, 0.1) is 6.42 Å². The molecule has 33 heavy (non-hydrogen) atoms. The summed E-state index contributed by atoms with van der Waals surface area (Å²) < 4.78 is 5.56. The van der Waals surface area contributed by atoms with Gasteiger partial charge in [0, 0.05) is 12.5 Å². The lowest BCUT2D eigenvalue weighted by atomic mass is 9.89. The van der Waals surface area contributed by atoms with Gasteiger partial charge < -0.3 is 20.5 Å². The molecule has 0 saturated heterocycles. The number of carbonyl (C=O) groups is 3. The van der Waals surface area contributed by atoms with Crippen LogP contribution in [0.4, 0.5) is 4.79 Å². The summed E-state index contributed by atoms with van der Waals surface area (Å²) in [5.41, 5.74) is 3.92. The summed E-state index contributed by atoms with van der Waals surface area (Å²) in [5.74, 6) is -1.53. The first kappa shape index (κ1) is 24.3. The van der Waals surface area contributed by atoms with Crippen molar-refractivity contribution in [2.24, 2.45) is 11.3 Å². The van der Waals surface area contributed by atoms with Crippen LogP contribution >= 0.6 is 0 Å². The van der Waals surface area contributed by atoms with Gasteiger partial charge in [-0.25, -0.2) is 4.79 Å². The van der Waals surface area contributed by atoms with E-state index >= 15 is 0 Å². The van der Waals surface area contributed by atoms with Gasteiger partial charge in [-0.3, -0.25) is 9.59 Å². The molecular weight excluding hydrogens is 420 g/mol. The molecule has 0 heterocycles. The van der Waals surface area contributed by atoms with Crippen LogP contribution in [0.2, 0.25) is 0 Å². The SMILES string of the molecule is CC(C)C(NC(=O)OCC1c2ccccc2-c2ccccc21)C(=O)NCC(C)(C)CC(=O)O. The van der Waals surface area contributed by atoms with Crippen LogP contribution in [0.3, 0.4) is 0 Å². The normalized spacial score (nSPS) is 13.7. The summed E-state index contributed by atoms with van der Waals surface area (Å²) in [6.07, 6.45) is -0.727. The van der Waals surface area contributed by atoms with Gasteiger partial charge in [-0.2, -0.15) is 0 Å². The number of carbonyl (C=O) groups excluding carboxylic acids is 2. The first-order valence-electron chi connectivity index (χ1n) is 11.2. The molecule has 0 aromatic heterocycles. The molecule has 0 radical (unpaired) electrons. The lowest BCUT2D eigenvalue weighted by molar-refractivity contribution is -0.139. The minimum Gasteiger partial charge on any atom is -0.481 e. The van der Waals surface area contributed by atoms with Gasteiger partial charge in [-0.05, 0) is 33.6 Å². The Hall–Kier alpha value is -3.35. The zero-order chi connectivity index (χ0) is 24.2. The Bertz CT molecular complexity index is 985. The summed E-state index contributed by atoms with van der Waals surface area (Å²) >= 11 is 0. The monoisotopic (exact) mass is 452 g/mol. The number of ether oxygens (including phenoxy) is 1. The summed E-state index contributed by atoms with van der Waals surface area (Å²) in [6, 6.07) is 15.4. The van der Waals surface area contributed by atoms with Crippen LogP contribution in [-0.4, -0.2) is 42.3 Å². The van der Waals surface area contributed by atoms with Gasteiger partial charge in [-0.1, -0.05) is 76.2 Å². The molecule has 7 nitrogen and oxygen atoms in total. The molecular formula is C26H32N2O5. The third-order valence-corrected chi connectivity index (χ3v) is 5.94. The molecule has 2 aromatic rings. The van der Waals surface area contributed by atoms with Crippen molar-refractivity contribution >= 4 is 18.0 Å². The Morgan fingerprint density at radius 2 is 1.55 bits per heavy atom. The first-order valence-corrected chi connectivity index (χ1v) is 11.2. The van der Waals surface area contributed by atoms with Crippen molar-refractivity contribution in [3.63, 3.8) is 0 Å². The molecule has 1 aliphatic rings. The quantitative estimate of drug-likeness (QED) is 0.530. The predicted molar refractivity (Wildman–Crippen MR) is 126 cm³/mol. The molecule has 7 heteroatoms. The highest BCUT2D eigenvalue weighted by Crippen LogP contribution is 2.44. The zero-order valence-electron chi connectivity index (χ0n) is 19.6. The number of hydrogen-bond donors (Lipinski definition) is 3. The molecule has 0 fully saturated rings. The van der Waals surface area contributed by atoms with E-state index in [1.165, 1.54) is 0 Å². The maximum atomic E-state index is 12.7. The Labute approximate surface area is 194 Å². The van der Waals surface area contributed by atoms with Gasteiger partial charge in [0.25, 0.3) is 0 Å². The van der Waals surface area contributed by atoms with E-state index in [1.54, 1.807) is 13.8 Å². The molecule has 1 atom stereocenters. The average molecular weight is 453 g/mol. The van der Waals surface area contributed by atoms with Crippen molar-refractivity contribution < 1.29 is 24.2 Å². The van der Waals surface area contributed by atoms with Gasteiger partial charge in [0.1, 0.15) is 12.6 Å². The molecule has 3 rings (SSSR count). The van der Waals surface area contributed by atoms with Crippen LogP contribution in [0.1, 0.15) is 51.2 Å². The Balaban J connectivity index is 1.61. The van der Waals surface area contributed by atoms with Crippen molar-refractivity contribution in [2.75, 3.05) is 13.2 Å². The second kappa shape index (κ2) is 10.1. The van der Waals surface area contributed by atoms with E-state index in [0.29, 0.717) is 0 Å². The number of carboxylic acids is 1. The first-order chi connectivity index (χ1) is 15.6. The van der Waals surface area contributed by atoms with E-state index in [2.05, 4.69) is 22.8 Å². The predicted octanol–water partition coefficient (Wildman–Crippen LogP) is 4.17. The number of fused-ring (bicyclic) bond motifs is 3. The number of aliphatic carboxylic acids is 1. The summed E-state index contributed by atoms with van der Waals surface area (Å²) in [7, 11) is 0. The van der Waals surface area contributed by atoms with E-state index in [4.69, 9.17) is 9.84 Å². The van der Waals surface area contributed by atoms with Crippen LogP contribution in [0.15, 0.2) is 48.5 Å². The van der Waals surface area contributed by atoms with Crippen LogP contribution in [0, 0.1) is 11.3 Å². The number of benzene rings is 2. The molecule has 2 amide bonds. The second-order valence-corrected chi connectivity index (χ2v) is 9.64. The molecule has 176 valence electrons. The Morgan fingerprint density at radius 1 is 1.00 bits per heavy atom. The summed E-state index contributed by atoms with van der Waals surface area (Å²) in [6.45, 7) is 7.55. The van der Waals surface area contributed by atoms with E-state index in [9.17, 15) is 14.4 Å². The largest absolute Gasteiger partial charge is 0.481 e. The van der Waals surface area contributed by atoms with Crippen molar-refractivity contribution in [2.45, 2.75) is 46.1 Å². The topological polar surface area (TPSA) is 105 Å². The van der Waals surface area contributed by atoms with Crippen LogP contribution in [0.25, 0.3) is 11.1 Å². The van der Waals surface area contributed by atoms with Gasteiger partial charge >= 0.3 is 12.1 Å². The van der Waals surface area contributed by atoms with Crippen LogP contribution < -0.4 is 10.6 Å². The number of nitrogens with one attached hydrogen (secondary N) is 2. The number of alkyl carbamates (subject to hydrolysis) is 1. The fraction of sp³-hybridized carbons (Fsp3) is 0.423. The minimum atomic E-state index is -0.925. The smallest absolute Gasteiger partial charge is 0.407 e. The zero-order valence-corrected chi connectivity index (χ0v) is 19.6. The summed E-state index contributed by atoms with van der Waals surface area (Å²) in [5, 5.41) is 14.5. The lowest BCUT2D eigenvalue weighted by Gasteiger charge is -2.26. The Morgan fingerprint density at radius 3 is 2.06 bits per heavy atom. The highest BCUT2D eigenvalue weighted by molar-refractivity contribution is 5.86. The van der Waals surface area contributed by atoms with Crippen molar-refractivity contribution in [1.82, 2.24) is 10.6 Å². The minimum absolute atomic E-state index is 0.0636. The van der Waals surface area contributed by atoms with Crippen molar-refractivity contribution in [1.29, 1.82) is 0 Å². The van der Waals surface area contributed by atoms with Gasteiger partial charge in [-0.15, -0.1) is 0 Å². The molecule has 3 N–H and O–H groups in total.